The van der Waals surface area contributed by atoms with E-state index in [4.69, 9.17) is 5.73 Å². The normalized spacial score (nSPS) is 17.8. The van der Waals surface area contributed by atoms with Crippen LogP contribution in [-0.4, -0.2) is 110 Å². The number of benzene rings is 2. The Morgan fingerprint density at radius 2 is 1.62 bits per heavy atom. The van der Waals surface area contributed by atoms with Crippen molar-refractivity contribution < 1.29 is 29.4 Å². The van der Waals surface area contributed by atoms with Crippen molar-refractivity contribution in [3.05, 3.63) is 71.4 Å². The van der Waals surface area contributed by atoms with Gasteiger partial charge >= 0.3 is 0 Å². The summed E-state index contributed by atoms with van der Waals surface area (Å²) in [5, 5.41) is 35.2. The molecule has 6 N–H and O–H groups in total. The number of carbonyl (C=O) groups excluding carboxylic acids is 4. The Kier molecular flexibility index (Phi) is 14.6. The zero-order chi connectivity index (χ0) is 43.8. The molecule has 2 aromatic carbocycles. The molecule has 326 valence electrons. The molecule has 15 nitrogen and oxygen atoms in total. The van der Waals surface area contributed by atoms with Gasteiger partial charge in [0.1, 0.15) is 17.8 Å². The Morgan fingerprint density at radius 3 is 2.28 bits per heavy atom. The summed E-state index contributed by atoms with van der Waals surface area (Å²) in [6.45, 7) is 11.7. The number of hydrogen-bond acceptors (Lipinski definition) is 12. The number of aliphatic hydroxyl groups is 1. The number of rotatable bonds is 15. The van der Waals surface area contributed by atoms with Crippen LogP contribution in [0.3, 0.4) is 0 Å². The molecule has 0 radical (unpaired) electrons. The van der Waals surface area contributed by atoms with Gasteiger partial charge in [0.15, 0.2) is 5.82 Å². The fraction of sp³-hybridized carbons (Fsp3) is 0.489. The summed E-state index contributed by atoms with van der Waals surface area (Å²) in [6, 6.07) is 14.6. The number of aryl methyl sites for hydroxylation is 1. The summed E-state index contributed by atoms with van der Waals surface area (Å²) in [4.78, 5) is 64.8. The van der Waals surface area contributed by atoms with Gasteiger partial charge in [0, 0.05) is 57.5 Å². The molecule has 0 saturated carbocycles. The lowest BCUT2D eigenvalue weighted by Crippen LogP contribution is -2.57. The zero-order valence-corrected chi connectivity index (χ0v) is 36.6. The first kappa shape index (κ1) is 44.9. The molecule has 4 heterocycles. The number of carbonyl (C=O) groups is 4. The maximum atomic E-state index is 14.1. The van der Waals surface area contributed by atoms with E-state index in [1.54, 1.807) is 29.5 Å². The number of aromatic hydroxyl groups is 1. The van der Waals surface area contributed by atoms with Crippen molar-refractivity contribution in [2.45, 2.75) is 104 Å². The number of nitrogens with two attached hydrogens (primary N) is 1. The van der Waals surface area contributed by atoms with E-state index in [0.29, 0.717) is 62.5 Å². The summed E-state index contributed by atoms with van der Waals surface area (Å²) < 4.78 is 0. The van der Waals surface area contributed by atoms with Crippen molar-refractivity contribution in [2.24, 2.45) is 5.41 Å². The van der Waals surface area contributed by atoms with E-state index in [0.717, 1.165) is 40.2 Å². The number of phenolic OH excluding ortho intramolecular Hbond substituents is 1. The highest BCUT2D eigenvalue weighted by Gasteiger charge is 2.44. The molecule has 16 heteroatoms. The van der Waals surface area contributed by atoms with E-state index in [1.165, 1.54) is 4.90 Å². The highest BCUT2D eigenvalue weighted by atomic mass is 32.1. The number of amides is 4. The number of anilines is 2. The van der Waals surface area contributed by atoms with Crippen molar-refractivity contribution in [3.8, 4) is 27.4 Å². The van der Waals surface area contributed by atoms with Crippen molar-refractivity contribution in [1.29, 1.82) is 0 Å². The van der Waals surface area contributed by atoms with Crippen LogP contribution in [0.2, 0.25) is 0 Å². The number of piperazine rings is 1. The van der Waals surface area contributed by atoms with E-state index in [2.05, 4.69) is 30.7 Å². The third-order valence-electron chi connectivity index (χ3n) is 11.6. The summed E-state index contributed by atoms with van der Waals surface area (Å²) in [7, 11) is 0. The number of nitrogens with one attached hydrogen (secondary N) is 2. The number of para-hydroxylation sites is 1. The first-order chi connectivity index (χ1) is 29.1. The first-order valence-electron chi connectivity index (χ1n) is 21.1. The van der Waals surface area contributed by atoms with Gasteiger partial charge in [0.25, 0.3) is 0 Å². The van der Waals surface area contributed by atoms with E-state index in [-0.39, 0.29) is 48.9 Å². The van der Waals surface area contributed by atoms with Crippen LogP contribution in [0.1, 0.15) is 89.9 Å². The molecular formula is C45H59N9O6S. The molecule has 61 heavy (non-hydrogen) atoms. The standard InChI is InChI=1S/C45H59N9O6S/c1-28(30-16-18-31(19-17-30)40-29(2)47-27-61-40)48-43(59)36-24-32(55)26-54(36)44(60)41(45(3,4)5)49-38(57)14-8-6-7-9-15-39(58)53-22-20-52(21-23-53)35-25-34(50-51-42(35)46)33-12-10-11-13-37(33)56/h10-13,16-19,25,27-28,32,36,41,55-56H,6-9,14-15,20-24,26H2,1-5H3,(H2,46,51)(H,48,59)(H,49,57)/t28-,32+,36-,41?/m0/s1. The zero-order valence-electron chi connectivity index (χ0n) is 35.8. The molecule has 2 aromatic heterocycles. The predicted octanol–water partition coefficient (Wildman–Crippen LogP) is 5.22. The number of phenols is 1. The highest BCUT2D eigenvalue weighted by molar-refractivity contribution is 7.13. The SMILES string of the molecule is Cc1ncsc1-c1ccc([C@H](C)NC(=O)[C@@H]2C[C@@H](O)CN2C(=O)C(NC(=O)CCCCCCC(=O)N2CCN(c3cc(-c4ccccc4O)nnc3N)CC2)C(C)(C)C)cc1. The van der Waals surface area contributed by atoms with Gasteiger partial charge in [-0.15, -0.1) is 21.5 Å². The van der Waals surface area contributed by atoms with Gasteiger partial charge in [0.2, 0.25) is 23.6 Å². The molecule has 0 aliphatic carbocycles. The van der Waals surface area contributed by atoms with Gasteiger partial charge < -0.3 is 41.3 Å². The molecule has 2 aliphatic rings. The fourth-order valence-electron chi connectivity index (χ4n) is 7.99. The van der Waals surface area contributed by atoms with Crippen LogP contribution >= 0.6 is 11.3 Å². The number of thiazole rings is 1. The molecule has 2 fully saturated rings. The number of unbranched alkanes of at least 4 members (excludes halogenated alkanes) is 3. The molecule has 6 rings (SSSR count). The minimum Gasteiger partial charge on any atom is -0.507 e. The molecule has 1 unspecified atom stereocenters. The number of aromatic nitrogens is 3. The average Bonchev–Trinajstić information content (AvgIpc) is 3.86. The van der Waals surface area contributed by atoms with E-state index >= 15 is 0 Å². The lowest BCUT2D eigenvalue weighted by Gasteiger charge is -2.36. The van der Waals surface area contributed by atoms with Gasteiger partial charge in [0.05, 0.1) is 39.6 Å². The van der Waals surface area contributed by atoms with Crippen LogP contribution in [0.25, 0.3) is 21.7 Å². The largest absolute Gasteiger partial charge is 0.507 e. The number of hydrogen-bond donors (Lipinski definition) is 5. The van der Waals surface area contributed by atoms with Crippen molar-refractivity contribution in [1.82, 2.24) is 35.6 Å². The molecule has 4 aromatic rings. The highest BCUT2D eigenvalue weighted by Crippen LogP contribution is 2.33. The molecular weight excluding hydrogens is 795 g/mol. The smallest absolute Gasteiger partial charge is 0.246 e. The fourth-order valence-corrected chi connectivity index (χ4v) is 8.80. The summed E-state index contributed by atoms with van der Waals surface area (Å²) in [5.74, 6) is -0.522. The number of β-amino-alcohol motifs (C(OH)–C–C–N with tert-alkyl or cyclic N) is 1. The molecule has 0 spiro atoms. The second-order valence-electron chi connectivity index (χ2n) is 17.2. The Hall–Kier alpha value is -5.61. The van der Waals surface area contributed by atoms with E-state index in [9.17, 15) is 29.4 Å². The third-order valence-corrected chi connectivity index (χ3v) is 12.5. The predicted molar refractivity (Wildman–Crippen MR) is 236 cm³/mol. The van der Waals surface area contributed by atoms with Crippen LogP contribution in [0, 0.1) is 12.3 Å². The second-order valence-corrected chi connectivity index (χ2v) is 18.0. The number of nitrogen functional groups attached to an aromatic ring is 1. The second kappa shape index (κ2) is 19.8. The number of aliphatic hydroxyl groups excluding tert-OH is 1. The summed E-state index contributed by atoms with van der Waals surface area (Å²) in [6.07, 6.45) is 2.72. The summed E-state index contributed by atoms with van der Waals surface area (Å²) in [5.41, 5.74) is 12.1. The van der Waals surface area contributed by atoms with Gasteiger partial charge in [-0.1, -0.05) is 70.0 Å². The average molecular weight is 854 g/mol. The number of nitrogens with zero attached hydrogens (tertiary/aromatic N) is 6. The third kappa shape index (κ3) is 11.2. The minimum atomic E-state index is -0.899. The Morgan fingerprint density at radius 1 is 0.934 bits per heavy atom. The van der Waals surface area contributed by atoms with Gasteiger partial charge in [-0.2, -0.15) is 0 Å². The van der Waals surface area contributed by atoms with Crippen LogP contribution in [0.5, 0.6) is 5.75 Å². The lowest BCUT2D eigenvalue weighted by atomic mass is 9.85. The lowest BCUT2D eigenvalue weighted by molar-refractivity contribution is -0.144. The van der Waals surface area contributed by atoms with E-state index in [1.807, 2.05) is 81.4 Å². The topological polar surface area (TPSA) is 207 Å². The van der Waals surface area contributed by atoms with Crippen molar-refractivity contribution in [2.75, 3.05) is 43.4 Å². The van der Waals surface area contributed by atoms with E-state index < -0.39 is 29.5 Å². The number of likely N-dealkylation sites (tertiary alicyclic amines) is 1. The molecule has 0 bridgehead atoms. The molecule has 4 atom stereocenters. The Balaban J connectivity index is 0.922. The van der Waals surface area contributed by atoms with Crippen LogP contribution in [0.4, 0.5) is 11.5 Å². The quantitative estimate of drug-likeness (QED) is 0.0980. The first-order valence-corrected chi connectivity index (χ1v) is 22.0. The van der Waals surface area contributed by atoms with Crippen LogP contribution in [0.15, 0.2) is 60.1 Å². The van der Waals surface area contributed by atoms with Crippen LogP contribution in [-0.2, 0) is 19.2 Å². The molecule has 4 amide bonds. The van der Waals surface area contributed by atoms with Gasteiger partial charge in [-0.3, -0.25) is 19.2 Å². The molecule has 2 aliphatic heterocycles. The van der Waals surface area contributed by atoms with Gasteiger partial charge in [-0.25, -0.2) is 4.98 Å². The van der Waals surface area contributed by atoms with Crippen molar-refractivity contribution in [3.63, 3.8) is 0 Å². The maximum Gasteiger partial charge on any atom is 0.246 e. The summed E-state index contributed by atoms with van der Waals surface area (Å²) >= 11 is 1.58. The van der Waals surface area contributed by atoms with Crippen molar-refractivity contribution >= 4 is 46.5 Å². The molecule has 2 saturated heterocycles. The Bertz CT molecular complexity index is 2170. The van der Waals surface area contributed by atoms with Crippen LogP contribution < -0.4 is 21.3 Å². The van der Waals surface area contributed by atoms with Gasteiger partial charge in [-0.05, 0) is 61.4 Å². The minimum absolute atomic E-state index is 0.00359. The Labute approximate surface area is 361 Å². The maximum absolute atomic E-state index is 14.1. The monoisotopic (exact) mass is 853 g/mol.